The Hall–Kier alpha value is -0.910. The molecule has 2 rings (SSSR count). The molecule has 0 radical (unpaired) electrons. The van der Waals surface area contributed by atoms with E-state index in [0.29, 0.717) is 6.42 Å². The average molecular weight is 231 g/mol. The van der Waals surface area contributed by atoms with Gasteiger partial charge in [-0.25, -0.2) is 8.42 Å². The maximum Gasteiger partial charge on any atom is 0.229 e. The van der Waals surface area contributed by atoms with Gasteiger partial charge >= 0.3 is 0 Å². The highest BCUT2D eigenvalue weighted by Crippen LogP contribution is 2.44. The number of carbonyl (C=O) groups is 2. The molecule has 6 heteroatoms. The fraction of sp³-hybridized carbons (Fsp3) is 0.778. The van der Waals surface area contributed by atoms with E-state index in [1.807, 2.05) is 0 Å². The van der Waals surface area contributed by atoms with Crippen LogP contribution in [0.4, 0.5) is 0 Å². The standard InChI is InChI=1S/C9H13NO4S/c1-6-8(12)10-7(11)4-9(6)2-3-15(13,14)5-9/h6H,2-5H2,1H3,(H,10,11,12). The predicted octanol–water partition coefficient (Wildman–Crippen LogP) is -0.526. The summed E-state index contributed by atoms with van der Waals surface area (Å²) in [5, 5.41) is 2.23. The molecule has 2 aliphatic heterocycles. The van der Waals surface area contributed by atoms with Crippen molar-refractivity contribution in [1.29, 1.82) is 0 Å². The Balaban J connectivity index is 2.35. The minimum Gasteiger partial charge on any atom is -0.296 e. The van der Waals surface area contributed by atoms with E-state index in [2.05, 4.69) is 5.32 Å². The van der Waals surface area contributed by atoms with Crippen molar-refractivity contribution in [1.82, 2.24) is 5.32 Å². The van der Waals surface area contributed by atoms with Gasteiger partial charge in [0.05, 0.1) is 11.5 Å². The zero-order valence-electron chi connectivity index (χ0n) is 8.45. The highest BCUT2D eigenvalue weighted by molar-refractivity contribution is 7.91. The lowest BCUT2D eigenvalue weighted by Crippen LogP contribution is -2.51. The summed E-state index contributed by atoms with van der Waals surface area (Å²) < 4.78 is 22.8. The molecule has 1 spiro atoms. The van der Waals surface area contributed by atoms with Crippen molar-refractivity contribution in [2.75, 3.05) is 11.5 Å². The molecule has 2 amide bonds. The van der Waals surface area contributed by atoms with Crippen molar-refractivity contribution < 1.29 is 18.0 Å². The third-order valence-electron chi connectivity index (χ3n) is 3.51. The van der Waals surface area contributed by atoms with Crippen LogP contribution in [0.2, 0.25) is 0 Å². The molecule has 0 aliphatic carbocycles. The predicted molar refractivity (Wildman–Crippen MR) is 52.6 cm³/mol. The first-order valence-electron chi connectivity index (χ1n) is 4.89. The van der Waals surface area contributed by atoms with Crippen LogP contribution < -0.4 is 5.32 Å². The Kier molecular flexibility index (Phi) is 2.15. The number of piperidine rings is 1. The van der Waals surface area contributed by atoms with Gasteiger partial charge in [0.25, 0.3) is 0 Å². The minimum atomic E-state index is -3.07. The molecule has 2 heterocycles. The molecular weight excluding hydrogens is 218 g/mol. The van der Waals surface area contributed by atoms with Gasteiger partial charge in [-0.15, -0.1) is 0 Å². The first kappa shape index (κ1) is 10.6. The topological polar surface area (TPSA) is 80.3 Å². The second kappa shape index (κ2) is 3.04. The number of sulfone groups is 1. The van der Waals surface area contributed by atoms with Crippen LogP contribution >= 0.6 is 0 Å². The van der Waals surface area contributed by atoms with E-state index in [-0.39, 0.29) is 29.7 Å². The summed E-state index contributed by atoms with van der Waals surface area (Å²) in [6.45, 7) is 1.70. The highest BCUT2D eigenvalue weighted by Gasteiger charge is 2.52. The molecule has 2 unspecified atom stereocenters. The van der Waals surface area contributed by atoms with Gasteiger partial charge in [0.15, 0.2) is 9.84 Å². The summed E-state index contributed by atoms with van der Waals surface area (Å²) in [6, 6.07) is 0. The Bertz CT molecular complexity index is 427. The van der Waals surface area contributed by atoms with Gasteiger partial charge < -0.3 is 0 Å². The van der Waals surface area contributed by atoms with Gasteiger partial charge in [0.1, 0.15) is 0 Å². The zero-order valence-corrected chi connectivity index (χ0v) is 9.26. The van der Waals surface area contributed by atoms with Crippen molar-refractivity contribution in [3.63, 3.8) is 0 Å². The largest absolute Gasteiger partial charge is 0.296 e. The number of amides is 2. The molecular formula is C9H13NO4S. The van der Waals surface area contributed by atoms with Crippen LogP contribution in [0.1, 0.15) is 19.8 Å². The second-order valence-corrected chi connectivity index (χ2v) is 6.70. The molecule has 84 valence electrons. The van der Waals surface area contributed by atoms with Crippen LogP contribution in [0.3, 0.4) is 0 Å². The molecule has 0 saturated carbocycles. The Morgan fingerprint density at radius 3 is 2.60 bits per heavy atom. The molecule has 2 fully saturated rings. The first-order chi connectivity index (χ1) is 6.85. The number of hydrogen-bond acceptors (Lipinski definition) is 4. The average Bonchev–Trinajstić information content (AvgIpc) is 2.39. The van der Waals surface area contributed by atoms with Crippen LogP contribution in [0, 0.1) is 11.3 Å². The summed E-state index contributed by atoms with van der Waals surface area (Å²) in [7, 11) is -3.07. The fourth-order valence-corrected chi connectivity index (χ4v) is 4.70. The lowest BCUT2D eigenvalue weighted by atomic mass is 9.71. The smallest absolute Gasteiger partial charge is 0.229 e. The van der Waals surface area contributed by atoms with E-state index in [9.17, 15) is 18.0 Å². The van der Waals surface area contributed by atoms with Crippen LogP contribution in [0.5, 0.6) is 0 Å². The molecule has 1 N–H and O–H groups in total. The number of imide groups is 1. The quantitative estimate of drug-likeness (QED) is 0.568. The second-order valence-electron chi connectivity index (χ2n) is 4.52. The zero-order chi connectivity index (χ0) is 11.3. The molecule has 0 aromatic rings. The SMILES string of the molecule is CC1C(=O)NC(=O)CC12CCS(=O)(=O)C2. The van der Waals surface area contributed by atoms with Gasteiger partial charge in [0, 0.05) is 17.8 Å². The lowest BCUT2D eigenvalue weighted by molar-refractivity contribution is -0.141. The van der Waals surface area contributed by atoms with E-state index in [4.69, 9.17) is 0 Å². The van der Waals surface area contributed by atoms with Crippen molar-refractivity contribution >= 4 is 21.7 Å². The van der Waals surface area contributed by atoms with Crippen LogP contribution in [0.15, 0.2) is 0 Å². The molecule has 2 atom stereocenters. The number of nitrogens with one attached hydrogen (secondary N) is 1. The number of hydrogen-bond donors (Lipinski definition) is 1. The van der Waals surface area contributed by atoms with E-state index in [0.717, 1.165) is 0 Å². The molecule has 5 nitrogen and oxygen atoms in total. The van der Waals surface area contributed by atoms with E-state index >= 15 is 0 Å². The van der Waals surface area contributed by atoms with Gasteiger partial charge in [-0.05, 0) is 6.42 Å². The highest BCUT2D eigenvalue weighted by atomic mass is 32.2. The molecule has 15 heavy (non-hydrogen) atoms. The Morgan fingerprint density at radius 2 is 2.07 bits per heavy atom. The summed E-state index contributed by atoms with van der Waals surface area (Å²) in [6.07, 6.45) is 0.578. The van der Waals surface area contributed by atoms with Crippen LogP contribution in [0.25, 0.3) is 0 Å². The van der Waals surface area contributed by atoms with Gasteiger partial charge in [-0.2, -0.15) is 0 Å². The molecule has 0 aromatic carbocycles. The summed E-state index contributed by atoms with van der Waals surface area (Å²) in [5.41, 5.74) is -0.641. The monoisotopic (exact) mass is 231 g/mol. The minimum absolute atomic E-state index is 0.0275. The maximum atomic E-state index is 11.4. The third-order valence-corrected chi connectivity index (χ3v) is 5.35. The van der Waals surface area contributed by atoms with Gasteiger partial charge in [-0.1, -0.05) is 6.92 Å². The van der Waals surface area contributed by atoms with Crippen molar-refractivity contribution in [3.05, 3.63) is 0 Å². The van der Waals surface area contributed by atoms with Crippen molar-refractivity contribution in [3.8, 4) is 0 Å². The number of carbonyl (C=O) groups excluding carboxylic acids is 2. The van der Waals surface area contributed by atoms with Crippen LogP contribution in [-0.4, -0.2) is 31.7 Å². The lowest BCUT2D eigenvalue weighted by Gasteiger charge is -2.36. The van der Waals surface area contributed by atoms with E-state index < -0.39 is 21.2 Å². The molecule has 2 aliphatic rings. The van der Waals surface area contributed by atoms with Gasteiger partial charge in [-0.3, -0.25) is 14.9 Å². The van der Waals surface area contributed by atoms with E-state index in [1.165, 1.54) is 0 Å². The van der Waals surface area contributed by atoms with Gasteiger partial charge in [0.2, 0.25) is 11.8 Å². The third kappa shape index (κ3) is 1.67. The summed E-state index contributed by atoms with van der Waals surface area (Å²) >= 11 is 0. The maximum absolute atomic E-state index is 11.4. The molecule has 0 aromatic heterocycles. The fourth-order valence-electron chi connectivity index (χ4n) is 2.46. The summed E-state index contributed by atoms with van der Waals surface area (Å²) in [4.78, 5) is 22.7. The molecule has 2 saturated heterocycles. The van der Waals surface area contributed by atoms with Crippen LogP contribution in [-0.2, 0) is 19.4 Å². The number of rotatable bonds is 0. The van der Waals surface area contributed by atoms with Crippen molar-refractivity contribution in [2.45, 2.75) is 19.8 Å². The summed E-state index contributed by atoms with van der Waals surface area (Å²) in [5.74, 6) is -1.02. The Labute approximate surface area is 88.1 Å². The Morgan fingerprint density at radius 1 is 1.40 bits per heavy atom. The normalized spacial score (nSPS) is 39.4. The van der Waals surface area contributed by atoms with E-state index in [1.54, 1.807) is 6.92 Å². The molecule has 0 bridgehead atoms. The van der Waals surface area contributed by atoms with Crippen molar-refractivity contribution in [2.24, 2.45) is 11.3 Å². The first-order valence-corrected chi connectivity index (χ1v) is 6.71.